The van der Waals surface area contributed by atoms with Gasteiger partial charge in [0.15, 0.2) is 0 Å². The van der Waals surface area contributed by atoms with Gasteiger partial charge in [-0.05, 0) is 20.3 Å². The molecule has 0 aromatic carbocycles. The van der Waals surface area contributed by atoms with Crippen molar-refractivity contribution in [3.05, 3.63) is 35.1 Å². The van der Waals surface area contributed by atoms with E-state index in [9.17, 15) is 0 Å². The molecule has 0 aliphatic carbocycles. The number of dihydropyridines is 1. The van der Waals surface area contributed by atoms with Crippen LogP contribution >= 0.6 is 0 Å². The Morgan fingerprint density at radius 2 is 2.40 bits per heavy atom. The Morgan fingerprint density at radius 1 is 1.67 bits per heavy atom. The summed E-state index contributed by atoms with van der Waals surface area (Å²) in [4.78, 5) is 8.50. The van der Waals surface area contributed by atoms with Gasteiger partial charge in [0.1, 0.15) is 0 Å². The minimum Gasteiger partial charge on any atom is -0.288 e. The zero-order chi connectivity index (χ0) is 11.3. The van der Waals surface area contributed by atoms with E-state index >= 15 is 0 Å². The normalized spacial score (nSPS) is 19.3. The van der Waals surface area contributed by atoms with Gasteiger partial charge in [-0.2, -0.15) is 0 Å². The van der Waals surface area contributed by atoms with Gasteiger partial charge in [-0.15, -0.1) is 0 Å². The van der Waals surface area contributed by atoms with Crippen LogP contribution in [0.3, 0.4) is 0 Å². The van der Waals surface area contributed by atoms with Crippen LogP contribution in [0.2, 0.25) is 0 Å². The van der Waals surface area contributed by atoms with Crippen molar-refractivity contribution in [3.8, 4) is 0 Å². The van der Waals surface area contributed by atoms with Crippen LogP contribution in [0.25, 0.3) is 0 Å². The van der Waals surface area contributed by atoms with E-state index in [2.05, 4.69) is 36.5 Å². The standard InChI is InChI=1S/C13H18N2/c1-5-10(3)13-9-14-8-7-12(13)11(4)15-6-2/h6-7,9H,4-5,8H2,1-3H3/b13-10+,15-6?. The Labute approximate surface area is 91.8 Å². The lowest BCUT2D eigenvalue weighted by Gasteiger charge is -2.14. The van der Waals surface area contributed by atoms with E-state index in [1.807, 2.05) is 13.1 Å². The van der Waals surface area contributed by atoms with Gasteiger partial charge in [-0.1, -0.05) is 25.2 Å². The molecule has 0 radical (unpaired) electrons. The molecule has 0 aromatic heterocycles. The summed E-state index contributed by atoms with van der Waals surface area (Å²) in [5.74, 6) is 0. The van der Waals surface area contributed by atoms with Crippen molar-refractivity contribution in [1.29, 1.82) is 0 Å². The first-order valence-corrected chi connectivity index (χ1v) is 5.28. The molecule has 0 unspecified atom stereocenters. The van der Waals surface area contributed by atoms with Crippen molar-refractivity contribution in [2.75, 3.05) is 6.54 Å². The second kappa shape index (κ2) is 5.44. The minimum atomic E-state index is 0.730. The van der Waals surface area contributed by atoms with Gasteiger partial charge in [0.2, 0.25) is 0 Å². The lowest BCUT2D eigenvalue weighted by Crippen LogP contribution is -2.03. The number of nitrogens with zero attached hydrogens (tertiary/aromatic N) is 2. The van der Waals surface area contributed by atoms with Gasteiger partial charge in [-0.25, -0.2) is 0 Å². The molecule has 0 N–H and O–H groups in total. The maximum absolute atomic E-state index is 4.27. The summed E-state index contributed by atoms with van der Waals surface area (Å²) in [6.07, 6.45) is 6.82. The number of aliphatic imine (C=N–C) groups is 2. The van der Waals surface area contributed by atoms with E-state index in [0.29, 0.717) is 0 Å². The molecule has 2 heteroatoms. The molecule has 1 heterocycles. The maximum Gasteiger partial charge on any atom is 0.0630 e. The van der Waals surface area contributed by atoms with E-state index in [1.54, 1.807) is 6.21 Å². The van der Waals surface area contributed by atoms with E-state index in [4.69, 9.17) is 0 Å². The molecule has 15 heavy (non-hydrogen) atoms. The van der Waals surface area contributed by atoms with Crippen molar-refractivity contribution < 1.29 is 0 Å². The summed E-state index contributed by atoms with van der Waals surface area (Å²) in [6.45, 7) is 10.9. The maximum atomic E-state index is 4.27. The molecule has 0 bridgehead atoms. The average molecular weight is 202 g/mol. The van der Waals surface area contributed by atoms with E-state index in [0.717, 1.165) is 24.2 Å². The fourth-order valence-electron chi connectivity index (χ4n) is 1.50. The second-order valence-electron chi connectivity index (χ2n) is 3.49. The average Bonchev–Trinajstić information content (AvgIpc) is 2.28. The van der Waals surface area contributed by atoms with Gasteiger partial charge >= 0.3 is 0 Å². The van der Waals surface area contributed by atoms with Crippen molar-refractivity contribution in [1.82, 2.24) is 0 Å². The number of hydrogen-bond donors (Lipinski definition) is 0. The zero-order valence-electron chi connectivity index (χ0n) is 9.75. The molecular formula is C13H18N2. The van der Waals surface area contributed by atoms with E-state index < -0.39 is 0 Å². The zero-order valence-corrected chi connectivity index (χ0v) is 9.75. The van der Waals surface area contributed by atoms with E-state index in [1.165, 1.54) is 11.1 Å². The van der Waals surface area contributed by atoms with Crippen molar-refractivity contribution >= 4 is 12.4 Å². The van der Waals surface area contributed by atoms with Crippen LogP contribution in [-0.2, 0) is 0 Å². The fourth-order valence-corrected chi connectivity index (χ4v) is 1.50. The van der Waals surface area contributed by atoms with Gasteiger partial charge in [0, 0.05) is 23.6 Å². The lowest BCUT2D eigenvalue weighted by molar-refractivity contribution is 1.07. The van der Waals surface area contributed by atoms with Gasteiger partial charge in [0.05, 0.1) is 12.2 Å². The van der Waals surface area contributed by atoms with Crippen LogP contribution in [0, 0.1) is 0 Å². The molecule has 0 spiro atoms. The monoisotopic (exact) mass is 202 g/mol. The summed E-state index contributed by atoms with van der Waals surface area (Å²) < 4.78 is 0. The predicted octanol–water partition coefficient (Wildman–Crippen LogP) is 3.33. The van der Waals surface area contributed by atoms with E-state index in [-0.39, 0.29) is 0 Å². The third-order valence-electron chi connectivity index (χ3n) is 2.50. The summed E-state index contributed by atoms with van der Waals surface area (Å²) in [5.41, 5.74) is 4.46. The third kappa shape index (κ3) is 2.75. The Hall–Kier alpha value is -1.44. The number of allylic oxidation sites excluding steroid dienone is 2. The largest absolute Gasteiger partial charge is 0.288 e. The molecule has 80 valence electrons. The SMILES string of the molecule is C=C(N=CC)C1=CCN=C/C1=C(/C)CC. The molecule has 2 nitrogen and oxygen atoms in total. The molecule has 0 atom stereocenters. The first-order valence-electron chi connectivity index (χ1n) is 5.28. The van der Waals surface area contributed by atoms with Gasteiger partial charge in [-0.3, -0.25) is 9.98 Å². The highest BCUT2D eigenvalue weighted by atomic mass is 14.8. The molecule has 0 saturated heterocycles. The van der Waals surface area contributed by atoms with Crippen molar-refractivity contribution in [2.45, 2.75) is 27.2 Å². The van der Waals surface area contributed by atoms with Crippen LogP contribution < -0.4 is 0 Å². The summed E-state index contributed by atoms with van der Waals surface area (Å²) >= 11 is 0. The summed E-state index contributed by atoms with van der Waals surface area (Å²) in [5, 5.41) is 0. The highest BCUT2D eigenvalue weighted by Gasteiger charge is 2.11. The molecular weight excluding hydrogens is 184 g/mol. The topological polar surface area (TPSA) is 24.7 Å². The van der Waals surface area contributed by atoms with Crippen LogP contribution in [-0.4, -0.2) is 19.0 Å². The second-order valence-corrected chi connectivity index (χ2v) is 3.49. The Balaban J connectivity index is 3.06. The first-order chi connectivity index (χ1) is 7.20. The highest BCUT2D eigenvalue weighted by Crippen LogP contribution is 2.24. The van der Waals surface area contributed by atoms with Gasteiger partial charge < -0.3 is 0 Å². The Bertz CT molecular complexity index is 368. The molecule has 1 rings (SSSR count). The summed E-state index contributed by atoms with van der Waals surface area (Å²) in [6, 6.07) is 0. The Morgan fingerprint density at radius 3 is 3.00 bits per heavy atom. The van der Waals surface area contributed by atoms with Gasteiger partial charge in [0.25, 0.3) is 0 Å². The smallest absolute Gasteiger partial charge is 0.0630 e. The van der Waals surface area contributed by atoms with Crippen LogP contribution in [0.4, 0.5) is 0 Å². The third-order valence-corrected chi connectivity index (χ3v) is 2.50. The lowest BCUT2D eigenvalue weighted by atomic mass is 9.96. The fraction of sp³-hybridized carbons (Fsp3) is 0.385. The quantitative estimate of drug-likeness (QED) is 0.627. The molecule has 0 amide bonds. The van der Waals surface area contributed by atoms with Crippen molar-refractivity contribution in [3.63, 3.8) is 0 Å². The molecule has 0 aromatic rings. The van der Waals surface area contributed by atoms with Crippen LogP contribution in [0.1, 0.15) is 27.2 Å². The molecule has 0 saturated carbocycles. The first kappa shape index (κ1) is 11.6. The summed E-state index contributed by atoms with van der Waals surface area (Å²) in [7, 11) is 0. The predicted molar refractivity (Wildman–Crippen MR) is 67.7 cm³/mol. The number of hydrogen-bond acceptors (Lipinski definition) is 2. The molecule has 1 aliphatic heterocycles. The van der Waals surface area contributed by atoms with Crippen LogP contribution in [0.15, 0.2) is 45.1 Å². The molecule has 0 fully saturated rings. The highest BCUT2D eigenvalue weighted by molar-refractivity contribution is 5.89. The Kier molecular flexibility index (Phi) is 4.22. The van der Waals surface area contributed by atoms with Crippen LogP contribution in [0.5, 0.6) is 0 Å². The number of rotatable bonds is 3. The van der Waals surface area contributed by atoms with Crippen molar-refractivity contribution in [2.24, 2.45) is 9.98 Å². The molecule has 1 aliphatic rings. The minimum absolute atomic E-state index is 0.730.